The summed E-state index contributed by atoms with van der Waals surface area (Å²) in [6, 6.07) is 0. The van der Waals surface area contributed by atoms with Gasteiger partial charge in [-0.2, -0.15) is 0 Å². The molecule has 0 saturated carbocycles. The normalized spacial score (nSPS) is 19.8. The van der Waals surface area contributed by atoms with Crippen molar-refractivity contribution in [3.05, 3.63) is 11.6 Å². The molecule has 1 heterocycles. The van der Waals surface area contributed by atoms with Gasteiger partial charge in [0.25, 0.3) is 0 Å². The van der Waals surface area contributed by atoms with Crippen LogP contribution in [0.15, 0.2) is 11.6 Å². The summed E-state index contributed by atoms with van der Waals surface area (Å²) in [6.07, 6.45) is 1.52. The zero-order valence-electron chi connectivity index (χ0n) is 7.70. The molecule has 4 heteroatoms. The Bertz CT molecular complexity index is 242. The van der Waals surface area contributed by atoms with Crippen LogP contribution in [0.25, 0.3) is 0 Å². The van der Waals surface area contributed by atoms with E-state index in [1.807, 2.05) is 13.8 Å². The zero-order valence-corrected chi connectivity index (χ0v) is 7.70. The molecule has 0 radical (unpaired) electrons. The Hall–Kier alpha value is -1.32. The van der Waals surface area contributed by atoms with Gasteiger partial charge in [-0.1, -0.05) is 5.57 Å². The molecule has 13 heavy (non-hydrogen) atoms. The van der Waals surface area contributed by atoms with Crippen LogP contribution in [-0.2, 0) is 19.1 Å². The van der Waals surface area contributed by atoms with Crippen LogP contribution >= 0.6 is 0 Å². The first-order chi connectivity index (χ1) is 6.08. The van der Waals surface area contributed by atoms with Crippen molar-refractivity contribution in [1.29, 1.82) is 0 Å². The van der Waals surface area contributed by atoms with Crippen LogP contribution < -0.4 is 0 Å². The Labute approximate surface area is 76.5 Å². The number of hydrogen-bond acceptors (Lipinski definition) is 4. The van der Waals surface area contributed by atoms with Gasteiger partial charge in [0, 0.05) is 6.08 Å². The van der Waals surface area contributed by atoms with Crippen LogP contribution in [0.4, 0.5) is 0 Å². The quantitative estimate of drug-likeness (QED) is 0.481. The molecule has 1 aliphatic rings. The van der Waals surface area contributed by atoms with E-state index in [4.69, 9.17) is 4.74 Å². The van der Waals surface area contributed by atoms with Crippen LogP contribution in [-0.4, -0.2) is 24.6 Å². The van der Waals surface area contributed by atoms with E-state index in [-0.39, 0.29) is 24.6 Å². The third-order valence-corrected chi connectivity index (χ3v) is 1.51. The summed E-state index contributed by atoms with van der Waals surface area (Å²) < 4.78 is 9.47. The summed E-state index contributed by atoms with van der Waals surface area (Å²) in [4.78, 5) is 21.3. The Kier molecular flexibility index (Phi) is 3.06. The van der Waals surface area contributed by atoms with Crippen molar-refractivity contribution in [3.63, 3.8) is 0 Å². The van der Waals surface area contributed by atoms with E-state index in [1.165, 1.54) is 6.08 Å². The minimum absolute atomic E-state index is 0.161. The van der Waals surface area contributed by atoms with E-state index < -0.39 is 0 Å². The van der Waals surface area contributed by atoms with Gasteiger partial charge in [-0.05, 0) is 13.8 Å². The molecule has 72 valence electrons. The number of carbonyl (C=O) groups excluding carboxylic acids is 2. The average Bonchev–Trinajstić information content (AvgIpc) is 1.94. The Morgan fingerprint density at radius 1 is 1.69 bits per heavy atom. The largest absolute Gasteiger partial charge is 0.459 e. The minimum Gasteiger partial charge on any atom is -0.459 e. The van der Waals surface area contributed by atoms with Gasteiger partial charge >= 0.3 is 11.9 Å². The molecule has 4 nitrogen and oxygen atoms in total. The summed E-state index contributed by atoms with van der Waals surface area (Å²) in [5.41, 5.74) is 0.885. The summed E-state index contributed by atoms with van der Waals surface area (Å²) in [5, 5.41) is 0. The van der Waals surface area contributed by atoms with Crippen LogP contribution in [0.1, 0.15) is 20.3 Å². The number of rotatable bonds is 3. The van der Waals surface area contributed by atoms with Gasteiger partial charge in [-0.3, -0.25) is 4.79 Å². The number of carbonyl (C=O) groups is 2. The summed E-state index contributed by atoms with van der Waals surface area (Å²) in [6.45, 7) is 3.78. The van der Waals surface area contributed by atoms with Crippen molar-refractivity contribution >= 4 is 11.9 Å². The smallest absolute Gasteiger partial charge is 0.330 e. The average molecular weight is 184 g/mol. The molecule has 1 fully saturated rings. The van der Waals surface area contributed by atoms with Gasteiger partial charge in [-0.25, -0.2) is 4.79 Å². The first kappa shape index (κ1) is 9.77. The van der Waals surface area contributed by atoms with Gasteiger partial charge in [0.15, 0.2) is 0 Å². The lowest BCUT2D eigenvalue weighted by Crippen LogP contribution is -2.36. The van der Waals surface area contributed by atoms with Crippen LogP contribution in [0.5, 0.6) is 0 Å². The molecule has 0 spiro atoms. The Balaban J connectivity index is 2.16. The lowest BCUT2D eigenvalue weighted by molar-refractivity contribution is -0.177. The van der Waals surface area contributed by atoms with E-state index in [0.717, 1.165) is 5.57 Å². The van der Waals surface area contributed by atoms with E-state index in [2.05, 4.69) is 4.74 Å². The summed E-state index contributed by atoms with van der Waals surface area (Å²) in [5.74, 6) is -0.619. The van der Waals surface area contributed by atoms with E-state index >= 15 is 0 Å². The third kappa shape index (κ3) is 3.27. The number of esters is 2. The highest BCUT2D eigenvalue weighted by Gasteiger charge is 2.29. The molecule has 0 aliphatic carbocycles. The molecule has 1 aliphatic heterocycles. The molecule has 1 atom stereocenters. The molecule has 1 saturated heterocycles. The highest BCUT2D eigenvalue weighted by Crippen LogP contribution is 2.13. The van der Waals surface area contributed by atoms with Gasteiger partial charge < -0.3 is 9.47 Å². The van der Waals surface area contributed by atoms with Crippen molar-refractivity contribution in [3.8, 4) is 0 Å². The van der Waals surface area contributed by atoms with Gasteiger partial charge in [0.2, 0.25) is 0 Å². The Morgan fingerprint density at radius 3 is 2.77 bits per heavy atom. The predicted octanol–water partition coefficient (Wildman–Crippen LogP) is 0.811. The van der Waals surface area contributed by atoms with Gasteiger partial charge in [0.1, 0.15) is 12.7 Å². The van der Waals surface area contributed by atoms with E-state index in [0.29, 0.717) is 6.42 Å². The van der Waals surface area contributed by atoms with E-state index in [9.17, 15) is 9.59 Å². The van der Waals surface area contributed by atoms with Crippen molar-refractivity contribution in [2.75, 3.05) is 6.61 Å². The second kappa shape index (κ2) is 4.07. The van der Waals surface area contributed by atoms with Crippen molar-refractivity contribution in [2.45, 2.75) is 26.4 Å². The maximum Gasteiger partial charge on any atom is 0.330 e. The summed E-state index contributed by atoms with van der Waals surface area (Å²) >= 11 is 0. The molecule has 0 aromatic rings. The first-order valence-corrected chi connectivity index (χ1v) is 4.09. The van der Waals surface area contributed by atoms with Crippen LogP contribution in [0.2, 0.25) is 0 Å². The maximum absolute atomic E-state index is 10.9. The zero-order chi connectivity index (χ0) is 9.84. The van der Waals surface area contributed by atoms with Gasteiger partial charge in [0.05, 0.1) is 6.42 Å². The van der Waals surface area contributed by atoms with E-state index in [1.54, 1.807) is 0 Å². The van der Waals surface area contributed by atoms with Crippen LogP contribution in [0, 0.1) is 0 Å². The molecule has 0 aromatic carbocycles. The standard InChI is InChI=1S/C9H12O4/c1-6(2)3-8(10)12-5-7-4-9(11)13-7/h3,7H,4-5H2,1-2H3. The monoisotopic (exact) mass is 184 g/mol. The molecule has 1 rings (SSSR count). The molecular formula is C9H12O4. The number of hydrogen-bond donors (Lipinski definition) is 0. The first-order valence-electron chi connectivity index (χ1n) is 4.09. The maximum atomic E-state index is 10.9. The lowest BCUT2D eigenvalue weighted by Gasteiger charge is -2.24. The predicted molar refractivity (Wildman–Crippen MR) is 44.9 cm³/mol. The summed E-state index contributed by atoms with van der Waals surface area (Å²) in [7, 11) is 0. The minimum atomic E-state index is -0.386. The van der Waals surface area contributed by atoms with Crippen molar-refractivity contribution in [2.24, 2.45) is 0 Å². The van der Waals surface area contributed by atoms with Crippen molar-refractivity contribution in [1.82, 2.24) is 0 Å². The fourth-order valence-electron chi connectivity index (χ4n) is 0.908. The molecule has 0 aromatic heterocycles. The molecule has 0 amide bonds. The highest BCUT2D eigenvalue weighted by molar-refractivity contribution is 5.82. The number of cyclic esters (lactones) is 1. The topological polar surface area (TPSA) is 52.6 Å². The second-order valence-corrected chi connectivity index (χ2v) is 3.17. The fourth-order valence-corrected chi connectivity index (χ4v) is 0.908. The lowest BCUT2D eigenvalue weighted by atomic mass is 10.2. The Morgan fingerprint density at radius 2 is 2.31 bits per heavy atom. The third-order valence-electron chi connectivity index (χ3n) is 1.51. The van der Waals surface area contributed by atoms with Crippen LogP contribution in [0.3, 0.4) is 0 Å². The van der Waals surface area contributed by atoms with Crippen molar-refractivity contribution < 1.29 is 19.1 Å². The SMILES string of the molecule is CC(C)=CC(=O)OCC1CC(=O)O1. The molecule has 0 N–H and O–H groups in total. The fraction of sp³-hybridized carbons (Fsp3) is 0.556. The number of allylic oxidation sites excluding steroid dienone is 1. The molecule has 1 unspecified atom stereocenters. The molecule has 0 bridgehead atoms. The molecular weight excluding hydrogens is 172 g/mol. The number of ether oxygens (including phenoxy) is 2. The second-order valence-electron chi connectivity index (χ2n) is 3.17. The van der Waals surface area contributed by atoms with Gasteiger partial charge in [-0.15, -0.1) is 0 Å². The highest BCUT2D eigenvalue weighted by atomic mass is 16.6.